The van der Waals surface area contributed by atoms with Crippen LogP contribution in [0.5, 0.6) is 0 Å². The van der Waals surface area contributed by atoms with E-state index in [2.05, 4.69) is 74.7 Å². The van der Waals surface area contributed by atoms with Crippen molar-refractivity contribution in [1.29, 1.82) is 0 Å². The Bertz CT molecular complexity index is 1070. The summed E-state index contributed by atoms with van der Waals surface area (Å²) in [4.78, 5) is 26.2. The monoisotopic (exact) mass is 870 g/mol. The Morgan fingerprint density at radius 2 is 0.871 bits per heavy atom. The Kier molecular flexibility index (Phi) is 48.1. The van der Waals surface area contributed by atoms with Gasteiger partial charge < -0.3 is 20.3 Å². The van der Waals surface area contributed by atoms with Gasteiger partial charge in [0.1, 0.15) is 6.10 Å². The normalized spacial score (nSPS) is 13.6. The fourth-order valence-corrected chi connectivity index (χ4v) is 8.04. The molecule has 0 aliphatic heterocycles. The number of allylic oxidation sites excluding steroid dienone is 8. The molecule has 0 radical (unpaired) electrons. The lowest BCUT2D eigenvalue weighted by molar-refractivity contribution is -0.151. The van der Waals surface area contributed by atoms with Crippen LogP contribution in [0.25, 0.3) is 0 Å². The van der Waals surface area contributed by atoms with Gasteiger partial charge in [-0.15, -0.1) is 0 Å². The second kappa shape index (κ2) is 49.8. The van der Waals surface area contributed by atoms with Gasteiger partial charge in [0.15, 0.2) is 0 Å². The molecule has 362 valence electrons. The molecule has 3 atom stereocenters. The number of carbonyl (C=O) groups excluding carboxylic acids is 2. The molecule has 0 fully saturated rings. The molecule has 0 aliphatic rings. The zero-order chi connectivity index (χ0) is 45.2. The van der Waals surface area contributed by atoms with Crippen molar-refractivity contribution in [1.82, 2.24) is 5.32 Å². The van der Waals surface area contributed by atoms with Crippen LogP contribution in [0.15, 0.2) is 48.6 Å². The van der Waals surface area contributed by atoms with Gasteiger partial charge in [-0.25, -0.2) is 0 Å². The SMILES string of the molecule is CCCCC/C=C\C/C=C\CCCCCCCCCC(CC(=O)NC(CO)C(O)CCCCCCCCCCCC)OC(=O)CCCCC/C=C/C=C/CCCCCCCCC. The van der Waals surface area contributed by atoms with Crippen LogP contribution in [0.3, 0.4) is 0 Å². The van der Waals surface area contributed by atoms with Crippen LogP contribution in [0, 0.1) is 0 Å². The quantitative estimate of drug-likeness (QED) is 0.0245. The van der Waals surface area contributed by atoms with Crippen molar-refractivity contribution in [3.8, 4) is 0 Å². The van der Waals surface area contributed by atoms with E-state index in [1.807, 2.05) is 0 Å². The molecule has 0 bridgehead atoms. The summed E-state index contributed by atoms with van der Waals surface area (Å²) in [6.07, 6.45) is 60.3. The lowest BCUT2D eigenvalue weighted by Gasteiger charge is -2.24. The smallest absolute Gasteiger partial charge is 0.306 e. The molecule has 0 heterocycles. The molecule has 0 spiro atoms. The molecule has 0 saturated carbocycles. The van der Waals surface area contributed by atoms with Crippen LogP contribution >= 0.6 is 0 Å². The van der Waals surface area contributed by atoms with Crippen molar-refractivity contribution < 1.29 is 24.5 Å². The Morgan fingerprint density at radius 1 is 0.484 bits per heavy atom. The average Bonchev–Trinajstić information content (AvgIpc) is 3.26. The summed E-state index contributed by atoms with van der Waals surface area (Å²) in [5.74, 6) is -0.507. The Hall–Kier alpha value is -2.18. The molecular formula is C56H103NO5. The first-order valence-electron chi connectivity index (χ1n) is 26.9. The van der Waals surface area contributed by atoms with Gasteiger partial charge in [-0.1, -0.05) is 223 Å². The maximum absolute atomic E-state index is 13.2. The van der Waals surface area contributed by atoms with E-state index in [9.17, 15) is 19.8 Å². The van der Waals surface area contributed by atoms with Crippen LogP contribution in [-0.2, 0) is 14.3 Å². The minimum Gasteiger partial charge on any atom is -0.462 e. The van der Waals surface area contributed by atoms with Gasteiger partial charge in [0.25, 0.3) is 0 Å². The Morgan fingerprint density at radius 3 is 1.35 bits per heavy atom. The molecule has 3 N–H and O–H groups in total. The van der Waals surface area contributed by atoms with Crippen LogP contribution < -0.4 is 5.32 Å². The van der Waals surface area contributed by atoms with Crippen molar-refractivity contribution in [2.24, 2.45) is 0 Å². The number of esters is 1. The van der Waals surface area contributed by atoms with E-state index < -0.39 is 18.2 Å². The largest absolute Gasteiger partial charge is 0.462 e. The van der Waals surface area contributed by atoms with Crippen molar-refractivity contribution in [2.45, 2.75) is 289 Å². The summed E-state index contributed by atoms with van der Waals surface area (Å²) in [7, 11) is 0. The molecule has 0 aromatic carbocycles. The van der Waals surface area contributed by atoms with Gasteiger partial charge in [-0.2, -0.15) is 0 Å². The van der Waals surface area contributed by atoms with E-state index >= 15 is 0 Å². The van der Waals surface area contributed by atoms with E-state index in [-0.39, 0.29) is 24.9 Å². The molecule has 0 aromatic heterocycles. The van der Waals surface area contributed by atoms with Crippen LogP contribution in [0.1, 0.15) is 271 Å². The maximum atomic E-state index is 13.2. The highest BCUT2D eigenvalue weighted by Crippen LogP contribution is 2.18. The third kappa shape index (κ3) is 44.4. The third-order valence-electron chi connectivity index (χ3n) is 12.2. The minimum atomic E-state index is -0.793. The number of ether oxygens (including phenoxy) is 1. The summed E-state index contributed by atoms with van der Waals surface area (Å²) in [5, 5.41) is 23.7. The number of carbonyl (C=O) groups is 2. The van der Waals surface area contributed by atoms with Gasteiger partial charge in [0.05, 0.1) is 25.2 Å². The number of aliphatic hydroxyl groups is 2. The van der Waals surface area contributed by atoms with E-state index in [4.69, 9.17) is 4.74 Å². The zero-order valence-electron chi connectivity index (χ0n) is 41.3. The number of nitrogens with one attached hydrogen (secondary N) is 1. The molecule has 0 saturated heterocycles. The highest BCUT2D eigenvalue weighted by Gasteiger charge is 2.24. The molecule has 0 aromatic rings. The fourth-order valence-electron chi connectivity index (χ4n) is 8.04. The first-order chi connectivity index (χ1) is 30.5. The van der Waals surface area contributed by atoms with E-state index in [0.717, 1.165) is 83.5 Å². The predicted octanol–water partition coefficient (Wildman–Crippen LogP) is 16.2. The van der Waals surface area contributed by atoms with Crippen LogP contribution in [-0.4, -0.2) is 46.9 Å². The highest BCUT2D eigenvalue weighted by atomic mass is 16.5. The predicted molar refractivity (Wildman–Crippen MR) is 269 cm³/mol. The zero-order valence-corrected chi connectivity index (χ0v) is 41.3. The summed E-state index contributed by atoms with van der Waals surface area (Å²) >= 11 is 0. The van der Waals surface area contributed by atoms with E-state index in [1.165, 1.54) is 141 Å². The van der Waals surface area contributed by atoms with Gasteiger partial charge in [0.2, 0.25) is 5.91 Å². The van der Waals surface area contributed by atoms with E-state index in [0.29, 0.717) is 19.3 Å². The summed E-state index contributed by atoms with van der Waals surface area (Å²) < 4.78 is 5.93. The number of hydrogen-bond acceptors (Lipinski definition) is 5. The summed E-state index contributed by atoms with van der Waals surface area (Å²) in [5.41, 5.74) is 0. The standard InChI is InChI=1S/C56H103NO5/c1-4-7-10-13-16-19-22-24-26-28-29-31-33-35-38-41-44-47-52(50-55(60)57-53(51-58)54(59)48-45-42-39-36-21-18-15-12-9-6-3)62-56(61)49-46-43-40-37-34-32-30-27-25-23-20-17-14-11-8-5-2/h16,19,24,26-27,30,32,34,52-54,58-59H,4-15,17-18,20-23,25,28-29,31,33,35-51H2,1-3H3,(H,57,60)/b19-16-,26-24-,30-27+,34-32+. The molecule has 6 nitrogen and oxygen atoms in total. The Balaban J connectivity index is 4.63. The number of aliphatic hydroxyl groups excluding tert-OH is 2. The summed E-state index contributed by atoms with van der Waals surface area (Å²) in [6.45, 7) is 6.44. The molecule has 0 aliphatic carbocycles. The van der Waals surface area contributed by atoms with Crippen molar-refractivity contribution >= 4 is 11.9 Å². The van der Waals surface area contributed by atoms with Crippen molar-refractivity contribution in [3.05, 3.63) is 48.6 Å². The van der Waals surface area contributed by atoms with Gasteiger partial charge in [0, 0.05) is 6.42 Å². The lowest BCUT2D eigenvalue weighted by Crippen LogP contribution is -2.46. The number of hydrogen-bond donors (Lipinski definition) is 3. The number of amides is 1. The molecule has 6 heteroatoms. The second-order valence-corrected chi connectivity index (χ2v) is 18.3. The number of rotatable bonds is 48. The average molecular weight is 870 g/mol. The van der Waals surface area contributed by atoms with E-state index in [1.54, 1.807) is 0 Å². The first-order valence-corrected chi connectivity index (χ1v) is 26.9. The highest BCUT2D eigenvalue weighted by molar-refractivity contribution is 5.77. The first kappa shape index (κ1) is 59.8. The van der Waals surface area contributed by atoms with Gasteiger partial charge >= 0.3 is 5.97 Å². The van der Waals surface area contributed by atoms with Crippen LogP contribution in [0.2, 0.25) is 0 Å². The van der Waals surface area contributed by atoms with Crippen LogP contribution in [0.4, 0.5) is 0 Å². The molecular weight excluding hydrogens is 767 g/mol. The molecule has 0 rings (SSSR count). The molecule has 3 unspecified atom stereocenters. The van der Waals surface area contributed by atoms with Gasteiger partial charge in [-0.05, 0) is 83.5 Å². The van der Waals surface area contributed by atoms with Crippen molar-refractivity contribution in [3.63, 3.8) is 0 Å². The summed E-state index contributed by atoms with van der Waals surface area (Å²) in [6, 6.07) is -0.709. The second-order valence-electron chi connectivity index (χ2n) is 18.3. The third-order valence-corrected chi connectivity index (χ3v) is 12.2. The fraction of sp³-hybridized carbons (Fsp3) is 0.821. The topological polar surface area (TPSA) is 95.9 Å². The number of unbranched alkanes of at least 4 members (excludes halogenated alkanes) is 29. The van der Waals surface area contributed by atoms with Gasteiger partial charge in [-0.3, -0.25) is 9.59 Å². The lowest BCUT2D eigenvalue weighted by atomic mass is 10.0. The molecule has 62 heavy (non-hydrogen) atoms. The minimum absolute atomic E-state index is 0.0622. The maximum Gasteiger partial charge on any atom is 0.306 e. The molecule has 1 amide bonds. The van der Waals surface area contributed by atoms with Crippen molar-refractivity contribution in [2.75, 3.05) is 6.61 Å². The Labute approximate surface area is 385 Å².